The molecule has 2 amide bonds. The van der Waals surface area contributed by atoms with E-state index in [9.17, 15) is 9.59 Å². The number of fused-ring (bicyclic) bond motifs is 2. The lowest BCUT2D eigenvalue weighted by Crippen LogP contribution is -2.41. The number of likely N-dealkylation sites (tertiary alicyclic amines) is 1. The highest BCUT2D eigenvalue weighted by molar-refractivity contribution is 5.86. The van der Waals surface area contributed by atoms with Crippen LogP contribution in [0.15, 0.2) is 84.7 Å². The molecule has 0 spiro atoms. The Kier molecular flexibility index (Phi) is 16.4. The third kappa shape index (κ3) is 12.6. The average Bonchev–Trinajstić information content (AvgIpc) is 3.95. The number of amides is 2. The van der Waals surface area contributed by atoms with E-state index < -0.39 is 11.2 Å². The van der Waals surface area contributed by atoms with Gasteiger partial charge in [0.25, 0.3) is 0 Å². The van der Waals surface area contributed by atoms with Crippen LogP contribution in [0.25, 0.3) is 33.4 Å². The summed E-state index contributed by atoms with van der Waals surface area (Å²) in [5, 5.41) is 7.57. The number of rotatable bonds is 8. The maximum absolute atomic E-state index is 12.4. The first-order chi connectivity index (χ1) is 32.0. The molecule has 0 radical (unpaired) electrons. The quantitative estimate of drug-likeness (QED) is 0.180. The monoisotopic (exact) mass is 916 g/mol. The molecule has 4 heterocycles. The van der Waals surface area contributed by atoms with E-state index in [1.807, 2.05) is 95.2 Å². The molecule has 0 unspecified atom stereocenters. The number of ether oxygens (including phenoxy) is 6. The lowest BCUT2D eigenvalue weighted by molar-refractivity contribution is 0.0198. The van der Waals surface area contributed by atoms with Crippen molar-refractivity contribution in [1.82, 2.24) is 19.8 Å². The number of aromatic nitrogens is 2. The Bertz CT molecular complexity index is 2490. The Balaban J connectivity index is 0.000000209. The highest BCUT2D eigenvalue weighted by Gasteiger charge is 2.32. The van der Waals surface area contributed by atoms with Crippen molar-refractivity contribution in [3.05, 3.63) is 107 Å². The predicted molar refractivity (Wildman–Crippen MR) is 263 cm³/mol. The number of hydrogen-bond donors (Lipinski definition) is 1. The zero-order valence-electron chi connectivity index (χ0n) is 41.2. The summed E-state index contributed by atoms with van der Waals surface area (Å²) in [6.07, 6.45) is 14.4. The number of aliphatic hydroxyl groups excluding tert-OH is 1. The first-order valence-electron chi connectivity index (χ1n) is 23.1. The molecule has 2 aliphatic carbocycles. The fourth-order valence-electron chi connectivity index (χ4n) is 8.56. The van der Waals surface area contributed by atoms with Gasteiger partial charge in [-0.2, -0.15) is 0 Å². The Hall–Kier alpha value is -6.34. The minimum Gasteiger partial charge on any atom is -0.493 e. The van der Waals surface area contributed by atoms with Gasteiger partial charge in [-0.15, -0.1) is 0 Å². The molecule has 1 N–H and O–H groups in total. The van der Waals surface area contributed by atoms with E-state index >= 15 is 0 Å². The number of carbonyl (C=O) groups is 2. The maximum Gasteiger partial charge on any atom is 0.410 e. The van der Waals surface area contributed by atoms with Gasteiger partial charge in [0, 0.05) is 80.3 Å². The van der Waals surface area contributed by atoms with Crippen LogP contribution in [0.3, 0.4) is 0 Å². The number of methoxy groups -OCH3 is 4. The molecule has 0 bridgehead atoms. The van der Waals surface area contributed by atoms with E-state index in [1.165, 1.54) is 22.3 Å². The van der Waals surface area contributed by atoms with Crippen LogP contribution in [0.4, 0.5) is 9.59 Å². The van der Waals surface area contributed by atoms with Gasteiger partial charge >= 0.3 is 12.2 Å². The zero-order valence-corrected chi connectivity index (χ0v) is 41.2. The van der Waals surface area contributed by atoms with Gasteiger partial charge in [-0.1, -0.05) is 30.4 Å². The fourth-order valence-corrected chi connectivity index (χ4v) is 8.56. The molecule has 13 heteroatoms. The number of aliphatic hydroxyl groups is 1. The number of hydrogen-bond acceptors (Lipinski definition) is 11. The predicted octanol–water partition coefficient (Wildman–Crippen LogP) is 10.6. The molecule has 0 atom stereocenters. The molecule has 2 aromatic carbocycles. The Morgan fingerprint density at radius 3 is 1.58 bits per heavy atom. The summed E-state index contributed by atoms with van der Waals surface area (Å²) in [6, 6.07) is 16.3. The minimum absolute atomic E-state index is 0.214. The van der Waals surface area contributed by atoms with Crippen molar-refractivity contribution in [2.75, 3.05) is 61.2 Å². The third-order valence-electron chi connectivity index (χ3n) is 11.8. The van der Waals surface area contributed by atoms with Crippen LogP contribution in [-0.2, 0) is 22.3 Å². The van der Waals surface area contributed by atoms with Gasteiger partial charge in [0.05, 0.1) is 39.8 Å². The summed E-state index contributed by atoms with van der Waals surface area (Å²) in [5.41, 5.74) is 11.6. The van der Waals surface area contributed by atoms with Crippen molar-refractivity contribution in [3.63, 3.8) is 0 Å². The van der Waals surface area contributed by atoms with E-state index in [4.69, 9.17) is 43.5 Å². The molecular weight excluding hydrogens is 849 g/mol. The van der Waals surface area contributed by atoms with E-state index in [0.717, 1.165) is 84.4 Å². The van der Waals surface area contributed by atoms with Gasteiger partial charge in [0.2, 0.25) is 0 Å². The second-order valence-corrected chi connectivity index (χ2v) is 18.7. The standard InChI is InChI=1S/C26H32N2O4.C26H30N2O4.C2H6O/c2*1-26(2,3)32-25(29)28-12-10-17(11-13-28)20-7-8-22-21(20)14-19(16-27-22)18-6-9-23(30-4)24(15-18)31-5;1-2-3/h6-7,9,14-17H,8,10-13H2,1-5H3;6-7,9-10,14-16H,8,11-13H2,1-5H3;3H,2H2,1H3. The minimum atomic E-state index is -0.486. The van der Waals surface area contributed by atoms with Crippen LogP contribution in [0.5, 0.6) is 23.0 Å². The number of benzene rings is 2. The van der Waals surface area contributed by atoms with Crippen LogP contribution in [-0.4, -0.2) is 109 Å². The Morgan fingerprint density at radius 1 is 0.627 bits per heavy atom. The summed E-state index contributed by atoms with van der Waals surface area (Å²) >= 11 is 0. The molecule has 13 nitrogen and oxygen atoms in total. The van der Waals surface area contributed by atoms with Gasteiger partial charge in [-0.25, -0.2) is 9.59 Å². The number of carbonyl (C=O) groups excluding carboxylic acids is 2. The third-order valence-corrected chi connectivity index (χ3v) is 11.8. The smallest absolute Gasteiger partial charge is 0.410 e. The van der Waals surface area contributed by atoms with Gasteiger partial charge in [-0.3, -0.25) is 9.97 Å². The molecular formula is C54H68N4O9. The van der Waals surface area contributed by atoms with Crippen LogP contribution < -0.4 is 18.9 Å². The summed E-state index contributed by atoms with van der Waals surface area (Å²) in [7, 11) is 6.56. The zero-order chi connectivity index (χ0) is 48.5. The van der Waals surface area contributed by atoms with E-state index in [0.29, 0.717) is 42.0 Å². The van der Waals surface area contributed by atoms with Crippen molar-refractivity contribution in [2.45, 2.75) is 91.8 Å². The van der Waals surface area contributed by atoms with Crippen LogP contribution >= 0.6 is 0 Å². The lowest BCUT2D eigenvalue weighted by atomic mass is 9.86. The second-order valence-electron chi connectivity index (χ2n) is 18.7. The van der Waals surface area contributed by atoms with Crippen LogP contribution in [0.1, 0.15) is 90.2 Å². The number of pyridine rings is 2. The van der Waals surface area contributed by atoms with Crippen molar-refractivity contribution in [1.29, 1.82) is 0 Å². The van der Waals surface area contributed by atoms with Crippen molar-refractivity contribution < 1.29 is 43.1 Å². The molecule has 2 aromatic heterocycles. The molecule has 8 rings (SSSR count). The first kappa shape index (κ1) is 50.1. The lowest BCUT2D eigenvalue weighted by Gasteiger charge is -2.34. The van der Waals surface area contributed by atoms with Crippen molar-refractivity contribution >= 4 is 23.3 Å². The Morgan fingerprint density at radius 2 is 1.10 bits per heavy atom. The molecule has 1 saturated heterocycles. The van der Waals surface area contributed by atoms with Gasteiger partial charge in [0.15, 0.2) is 23.0 Å². The van der Waals surface area contributed by atoms with E-state index in [1.54, 1.807) is 40.3 Å². The maximum atomic E-state index is 12.4. The van der Waals surface area contributed by atoms with Gasteiger partial charge in [-0.05, 0) is 138 Å². The van der Waals surface area contributed by atoms with Gasteiger partial charge in [0.1, 0.15) is 11.2 Å². The fraction of sp³-hybridized carbons (Fsp3) is 0.444. The summed E-state index contributed by atoms with van der Waals surface area (Å²) in [5.74, 6) is 3.24. The van der Waals surface area contributed by atoms with E-state index in [2.05, 4.69) is 30.4 Å². The molecule has 0 saturated carbocycles. The Labute approximate surface area is 396 Å². The molecule has 67 heavy (non-hydrogen) atoms. The van der Waals surface area contributed by atoms with Crippen molar-refractivity contribution in [3.8, 4) is 45.3 Å². The molecule has 1 fully saturated rings. The summed E-state index contributed by atoms with van der Waals surface area (Å²) in [6.45, 7) is 15.9. The summed E-state index contributed by atoms with van der Waals surface area (Å²) < 4.78 is 32.7. The number of allylic oxidation sites excluding steroid dienone is 4. The molecule has 2 aliphatic heterocycles. The highest BCUT2D eigenvalue weighted by Crippen LogP contribution is 2.41. The summed E-state index contributed by atoms with van der Waals surface area (Å²) in [4.78, 5) is 37.8. The van der Waals surface area contributed by atoms with Crippen molar-refractivity contribution in [2.24, 2.45) is 5.92 Å². The molecule has 4 aliphatic rings. The number of nitrogens with zero attached hydrogens (tertiary/aromatic N) is 4. The van der Waals surface area contributed by atoms with E-state index in [-0.39, 0.29) is 18.8 Å². The highest BCUT2D eigenvalue weighted by atomic mass is 16.6. The molecule has 358 valence electrons. The second kappa shape index (κ2) is 22.0. The first-order valence-corrected chi connectivity index (χ1v) is 23.1. The van der Waals surface area contributed by atoms with Crippen LogP contribution in [0, 0.1) is 5.92 Å². The largest absolute Gasteiger partial charge is 0.493 e. The average molecular weight is 917 g/mol. The number of piperidine rings is 1. The topological polar surface area (TPSA) is 142 Å². The normalized spacial score (nSPS) is 15.6. The van der Waals surface area contributed by atoms with Gasteiger partial charge < -0.3 is 43.3 Å². The molecule has 4 aromatic rings. The SMILES string of the molecule is CCO.COc1ccc(-c2cnc3c(c2)C(C2=CCN(C(=O)OC(C)(C)C)CC2)=CC3)cc1OC.COc1ccc(-c2cnc3c(c2)C(C2CCN(C(=O)OC(C)(C)C)CC2)=CC3)cc1OC. The van der Waals surface area contributed by atoms with Crippen LogP contribution in [0.2, 0.25) is 0 Å².